The summed E-state index contributed by atoms with van der Waals surface area (Å²) in [5.41, 5.74) is 0.827. The van der Waals surface area contributed by atoms with Crippen molar-refractivity contribution in [3.8, 4) is 0 Å². The van der Waals surface area contributed by atoms with Gasteiger partial charge in [0.15, 0.2) is 0 Å². The Morgan fingerprint density at radius 3 is 2.56 bits per heavy atom. The summed E-state index contributed by atoms with van der Waals surface area (Å²) in [6.07, 6.45) is 1.59. The van der Waals surface area contributed by atoms with Gasteiger partial charge in [0.25, 0.3) is 5.22 Å². The van der Waals surface area contributed by atoms with Gasteiger partial charge < -0.3 is 14.6 Å². The van der Waals surface area contributed by atoms with Crippen molar-refractivity contribution in [2.45, 2.75) is 17.3 Å². The van der Waals surface area contributed by atoms with Gasteiger partial charge in [-0.3, -0.25) is 0 Å². The largest absolute Gasteiger partial charge is 0.439 e. The van der Waals surface area contributed by atoms with Gasteiger partial charge in [-0.05, 0) is 6.92 Å². The molecule has 0 aliphatic heterocycles. The molecule has 96 valence electrons. The lowest BCUT2D eigenvalue weighted by atomic mass is 10.6. The number of hydrogen-bond acceptors (Lipinski definition) is 8. The van der Waals surface area contributed by atoms with Crippen LogP contribution in [0.3, 0.4) is 0 Å². The summed E-state index contributed by atoms with van der Waals surface area (Å²) in [4.78, 5) is 18.8. The van der Waals surface area contributed by atoms with E-state index in [2.05, 4.69) is 25.3 Å². The van der Waals surface area contributed by atoms with E-state index in [0.717, 1.165) is 5.69 Å². The lowest BCUT2D eigenvalue weighted by Gasteiger charge is -2.11. The van der Waals surface area contributed by atoms with Crippen LogP contribution in [0.1, 0.15) is 5.69 Å². The number of oxazole rings is 1. The van der Waals surface area contributed by atoms with Crippen LogP contribution in [0.25, 0.3) is 0 Å². The minimum atomic E-state index is 0.513. The fourth-order valence-corrected chi connectivity index (χ4v) is 1.86. The van der Waals surface area contributed by atoms with Crippen molar-refractivity contribution < 1.29 is 4.42 Å². The minimum Gasteiger partial charge on any atom is -0.439 e. The minimum absolute atomic E-state index is 0.513. The first-order valence-corrected chi connectivity index (χ1v) is 6.11. The Morgan fingerprint density at radius 2 is 2.00 bits per heavy atom. The first-order valence-electron chi connectivity index (χ1n) is 5.29. The second kappa shape index (κ2) is 5.21. The third-order valence-electron chi connectivity index (χ3n) is 2.00. The molecular weight excluding hydrogens is 252 g/mol. The average Bonchev–Trinajstić information content (AvgIpc) is 2.74. The Bertz CT molecular complexity index is 541. The number of anilines is 2. The van der Waals surface area contributed by atoms with Gasteiger partial charge in [0, 0.05) is 32.9 Å². The molecule has 0 aliphatic rings. The molecule has 8 heteroatoms. The molecule has 0 radical (unpaired) electrons. The molecule has 0 amide bonds. The van der Waals surface area contributed by atoms with Gasteiger partial charge in [-0.15, -0.1) is 0 Å². The van der Waals surface area contributed by atoms with Crippen LogP contribution in [0, 0.1) is 6.92 Å². The molecule has 2 aromatic heterocycles. The van der Waals surface area contributed by atoms with Crippen LogP contribution in [0.5, 0.6) is 0 Å². The van der Waals surface area contributed by atoms with Crippen molar-refractivity contribution in [3.05, 3.63) is 12.0 Å². The number of rotatable bonds is 4. The van der Waals surface area contributed by atoms with Crippen molar-refractivity contribution in [2.75, 3.05) is 31.4 Å². The summed E-state index contributed by atoms with van der Waals surface area (Å²) in [6, 6.07) is 0. The highest BCUT2D eigenvalue weighted by Gasteiger charge is 2.11. The summed E-state index contributed by atoms with van der Waals surface area (Å²) in [5.74, 6) is 1.10. The first-order chi connectivity index (χ1) is 8.58. The van der Waals surface area contributed by atoms with Gasteiger partial charge in [0.05, 0.1) is 5.69 Å². The zero-order valence-corrected chi connectivity index (χ0v) is 11.4. The van der Waals surface area contributed by atoms with Crippen molar-refractivity contribution in [3.63, 3.8) is 0 Å². The van der Waals surface area contributed by atoms with E-state index in [1.807, 2.05) is 25.9 Å². The van der Waals surface area contributed by atoms with Crippen LogP contribution in [-0.2, 0) is 0 Å². The molecule has 0 aliphatic carbocycles. The third kappa shape index (κ3) is 2.89. The molecule has 0 fully saturated rings. The molecule has 7 nitrogen and oxygen atoms in total. The maximum Gasteiger partial charge on any atom is 0.263 e. The molecule has 0 spiro atoms. The molecule has 0 unspecified atom stereocenters. The lowest BCUT2D eigenvalue weighted by molar-refractivity contribution is 0.453. The Hall–Kier alpha value is -1.83. The summed E-state index contributed by atoms with van der Waals surface area (Å²) in [7, 11) is 5.51. The molecule has 18 heavy (non-hydrogen) atoms. The predicted octanol–water partition coefficient (Wildman–Crippen LogP) is 1.43. The van der Waals surface area contributed by atoms with Crippen LogP contribution in [0.2, 0.25) is 0 Å². The SMILES string of the molecule is CNc1nc(Sc2nc(C)co2)nc(N(C)C)n1. The van der Waals surface area contributed by atoms with Gasteiger partial charge in [-0.2, -0.15) is 15.0 Å². The fourth-order valence-electron chi connectivity index (χ4n) is 1.16. The molecule has 2 heterocycles. The Balaban J connectivity index is 2.29. The summed E-state index contributed by atoms with van der Waals surface area (Å²) in [5, 5.41) is 3.96. The van der Waals surface area contributed by atoms with Gasteiger partial charge >= 0.3 is 0 Å². The summed E-state index contributed by atoms with van der Waals surface area (Å²) < 4.78 is 5.26. The average molecular weight is 266 g/mol. The first kappa shape index (κ1) is 12.6. The maximum atomic E-state index is 5.26. The highest BCUT2D eigenvalue weighted by Crippen LogP contribution is 2.25. The van der Waals surface area contributed by atoms with E-state index in [0.29, 0.717) is 22.3 Å². The number of hydrogen-bond donors (Lipinski definition) is 1. The Kier molecular flexibility index (Phi) is 3.66. The quantitative estimate of drug-likeness (QED) is 0.890. The van der Waals surface area contributed by atoms with Crippen molar-refractivity contribution in [2.24, 2.45) is 0 Å². The van der Waals surface area contributed by atoms with E-state index in [1.54, 1.807) is 13.3 Å². The van der Waals surface area contributed by atoms with E-state index in [-0.39, 0.29) is 0 Å². The van der Waals surface area contributed by atoms with E-state index < -0.39 is 0 Å². The standard InChI is InChI=1S/C10H14N6OS/c1-6-5-17-10(12-6)18-9-14-7(11-2)13-8(15-9)16(3)4/h5H,1-4H3,(H,11,13,14,15). The van der Waals surface area contributed by atoms with Crippen LogP contribution in [0.4, 0.5) is 11.9 Å². The maximum absolute atomic E-state index is 5.26. The van der Waals surface area contributed by atoms with Gasteiger partial charge in [0.1, 0.15) is 6.26 Å². The van der Waals surface area contributed by atoms with Crippen molar-refractivity contribution >= 4 is 23.7 Å². The van der Waals surface area contributed by atoms with E-state index >= 15 is 0 Å². The molecule has 1 N–H and O–H groups in total. The Morgan fingerprint density at radius 1 is 1.22 bits per heavy atom. The van der Waals surface area contributed by atoms with Gasteiger partial charge in [-0.25, -0.2) is 4.98 Å². The van der Waals surface area contributed by atoms with Crippen LogP contribution in [-0.4, -0.2) is 41.1 Å². The topological polar surface area (TPSA) is 80.0 Å². The molecule has 0 atom stereocenters. The van der Waals surface area contributed by atoms with Crippen LogP contribution >= 0.6 is 11.8 Å². The molecular formula is C10H14N6OS. The summed E-state index contributed by atoms with van der Waals surface area (Å²) in [6.45, 7) is 1.87. The fraction of sp³-hybridized carbons (Fsp3) is 0.400. The van der Waals surface area contributed by atoms with Gasteiger partial charge in [0.2, 0.25) is 17.1 Å². The summed E-state index contributed by atoms with van der Waals surface area (Å²) >= 11 is 1.26. The van der Waals surface area contributed by atoms with E-state index in [9.17, 15) is 0 Å². The normalized spacial score (nSPS) is 10.4. The van der Waals surface area contributed by atoms with Gasteiger partial charge in [-0.1, -0.05) is 0 Å². The second-order valence-electron chi connectivity index (χ2n) is 3.74. The van der Waals surface area contributed by atoms with Crippen molar-refractivity contribution in [1.82, 2.24) is 19.9 Å². The van der Waals surface area contributed by atoms with E-state index in [4.69, 9.17) is 4.42 Å². The lowest BCUT2D eigenvalue weighted by Crippen LogP contribution is -2.15. The van der Waals surface area contributed by atoms with E-state index in [1.165, 1.54) is 11.8 Å². The zero-order chi connectivity index (χ0) is 13.1. The molecule has 0 saturated carbocycles. The second-order valence-corrected chi connectivity index (χ2v) is 4.66. The van der Waals surface area contributed by atoms with Crippen LogP contribution in [0.15, 0.2) is 21.1 Å². The Labute approximate surface area is 109 Å². The predicted molar refractivity (Wildman–Crippen MR) is 69.1 cm³/mol. The highest BCUT2D eigenvalue weighted by molar-refractivity contribution is 7.98. The molecule has 2 aromatic rings. The van der Waals surface area contributed by atoms with Crippen molar-refractivity contribution in [1.29, 1.82) is 0 Å². The molecule has 0 saturated heterocycles. The number of aromatic nitrogens is 4. The molecule has 0 bridgehead atoms. The number of nitrogens with zero attached hydrogens (tertiary/aromatic N) is 5. The molecule has 2 rings (SSSR count). The molecule has 0 aromatic carbocycles. The smallest absolute Gasteiger partial charge is 0.263 e. The third-order valence-corrected chi connectivity index (χ3v) is 2.73. The zero-order valence-electron chi connectivity index (χ0n) is 10.6. The monoisotopic (exact) mass is 266 g/mol. The number of aryl methyl sites for hydroxylation is 1. The highest BCUT2D eigenvalue weighted by atomic mass is 32.2. The van der Waals surface area contributed by atoms with Crippen LogP contribution < -0.4 is 10.2 Å². The number of nitrogens with one attached hydrogen (secondary N) is 1.